The number of para-hydroxylation sites is 1. The maximum Gasteiger partial charge on any atom is 0.416 e. The number of nitrogens with one attached hydrogen (secondary N) is 2. The Balaban J connectivity index is 1.66. The molecule has 3 aromatic rings. The number of nitriles is 1. The lowest BCUT2D eigenvalue weighted by atomic mass is 10.1. The monoisotopic (exact) mass is 513 g/mol. The van der Waals surface area contributed by atoms with Crippen molar-refractivity contribution in [2.24, 2.45) is 0 Å². The smallest absolute Gasteiger partial charge is 0.416 e. The van der Waals surface area contributed by atoms with Gasteiger partial charge in [0.15, 0.2) is 6.61 Å². The van der Waals surface area contributed by atoms with Crippen molar-refractivity contribution < 1.29 is 27.5 Å². The van der Waals surface area contributed by atoms with E-state index in [1.54, 1.807) is 18.2 Å². The van der Waals surface area contributed by atoms with Gasteiger partial charge in [0.1, 0.15) is 17.4 Å². The van der Waals surface area contributed by atoms with E-state index in [-0.39, 0.29) is 34.5 Å². The molecule has 0 aromatic heterocycles. The zero-order valence-electron chi connectivity index (χ0n) is 18.8. The third-order valence-electron chi connectivity index (χ3n) is 4.86. The first kappa shape index (κ1) is 26.3. The average molecular weight is 514 g/mol. The number of rotatable bonds is 7. The molecule has 3 rings (SSSR count). The van der Waals surface area contributed by atoms with Crippen LogP contribution < -0.4 is 15.4 Å². The van der Waals surface area contributed by atoms with Gasteiger partial charge < -0.3 is 15.4 Å². The minimum absolute atomic E-state index is 0.110. The highest BCUT2D eigenvalue weighted by Gasteiger charge is 2.30. The second-order valence-electron chi connectivity index (χ2n) is 7.54. The quantitative estimate of drug-likeness (QED) is 0.289. The van der Waals surface area contributed by atoms with Gasteiger partial charge in [-0.3, -0.25) is 9.59 Å². The normalized spacial score (nSPS) is 11.4. The molecule has 0 atom stereocenters. The molecule has 0 aliphatic carbocycles. The fraction of sp³-hybridized carbons (Fsp3) is 0.115. The molecule has 2 amide bonds. The minimum Gasteiger partial charge on any atom is -0.482 e. The van der Waals surface area contributed by atoms with Gasteiger partial charge in [-0.25, -0.2) is 0 Å². The lowest BCUT2D eigenvalue weighted by Gasteiger charge is -2.11. The number of halogens is 4. The molecule has 0 spiro atoms. The molecule has 36 heavy (non-hydrogen) atoms. The van der Waals surface area contributed by atoms with Gasteiger partial charge in [-0.15, -0.1) is 0 Å². The van der Waals surface area contributed by atoms with Crippen LogP contribution in [0.4, 0.5) is 24.5 Å². The number of hydrogen-bond donors (Lipinski definition) is 2. The summed E-state index contributed by atoms with van der Waals surface area (Å²) < 4.78 is 44.1. The summed E-state index contributed by atoms with van der Waals surface area (Å²) in [6.07, 6.45) is -3.35. The molecule has 0 heterocycles. The molecule has 0 bridgehead atoms. The minimum atomic E-state index is -4.57. The van der Waals surface area contributed by atoms with Crippen LogP contribution >= 0.6 is 11.6 Å². The number of amides is 2. The molecule has 0 aliphatic heterocycles. The number of hydrogen-bond acceptors (Lipinski definition) is 4. The predicted molar refractivity (Wildman–Crippen MR) is 130 cm³/mol. The largest absolute Gasteiger partial charge is 0.482 e. The van der Waals surface area contributed by atoms with E-state index < -0.39 is 17.6 Å². The number of anilines is 2. The maximum atomic E-state index is 12.9. The van der Waals surface area contributed by atoms with E-state index in [0.29, 0.717) is 11.3 Å². The first-order chi connectivity index (χ1) is 17.1. The molecular weight excluding hydrogens is 495 g/mol. The Hall–Kier alpha value is -4.29. The van der Waals surface area contributed by atoms with Gasteiger partial charge in [0.2, 0.25) is 0 Å². The Morgan fingerprint density at radius 2 is 1.81 bits per heavy atom. The number of alkyl halides is 3. The molecule has 184 valence electrons. The zero-order valence-corrected chi connectivity index (χ0v) is 19.6. The molecule has 0 saturated carbocycles. The summed E-state index contributed by atoms with van der Waals surface area (Å²) in [4.78, 5) is 24.6. The lowest BCUT2D eigenvalue weighted by molar-refractivity contribution is -0.137. The first-order valence-corrected chi connectivity index (χ1v) is 10.8. The summed E-state index contributed by atoms with van der Waals surface area (Å²) in [6.45, 7) is 1.56. The molecule has 0 aliphatic rings. The van der Waals surface area contributed by atoms with E-state index in [2.05, 4.69) is 10.6 Å². The number of benzene rings is 3. The summed E-state index contributed by atoms with van der Waals surface area (Å²) in [6, 6.07) is 17.4. The van der Waals surface area contributed by atoms with Gasteiger partial charge in [-0.1, -0.05) is 41.9 Å². The third kappa shape index (κ3) is 7.10. The third-order valence-corrected chi connectivity index (χ3v) is 5.15. The van der Waals surface area contributed by atoms with Crippen LogP contribution in [0, 0.1) is 18.3 Å². The molecule has 0 radical (unpaired) electrons. The van der Waals surface area contributed by atoms with E-state index >= 15 is 0 Å². The second kappa shape index (κ2) is 11.4. The number of carbonyl (C=O) groups excluding carboxylic acids is 2. The number of nitrogens with zero attached hydrogens (tertiary/aromatic N) is 1. The number of ether oxygens (including phenoxy) is 1. The van der Waals surface area contributed by atoms with E-state index in [1.165, 1.54) is 30.3 Å². The van der Waals surface area contributed by atoms with Gasteiger partial charge in [0, 0.05) is 11.4 Å². The van der Waals surface area contributed by atoms with Gasteiger partial charge in [-0.05, 0) is 60.5 Å². The summed E-state index contributed by atoms with van der Waals surface area (Å²) in [5.41, 5.74) is 0.525. The van der Waals surface area contributed by atoms with Gasteiger partial charge in [0.05, 0.1) is 10.6 Å². The van der Waals surface area contributed by atoms with Crippen molar-refractivity contribution in [3.63, 3.8) is 0 Å². The fourth-order valence-electron chi connectivity index (χ4n) is 3.05. The van der Waals surface area contributed by atoms with Crippen LogP contribution in [-0.2, 0) is 15.8 Å². The Morgan fingerprint density at radius 1 is 1.06 bits per heavy atom. The Bertz CT molecular complexity index is 1360. The highest BCUT2D eigenvalue weighted by Crippen LogP contribution is 2.31. The molecule has 2 N–H and O–H groups in total. The van der Waals surface area contributed by atoms with Crippen molar-refractivity contribution >= 4 is 40.9 Å². The average Bonchev–Trinajstić information content (AvgIpc) is 2.83. The van der Waals surface area contributed by atoms with Crippen molar-refractivity contribution in [3.8, 4) is 11.8 Å². The van der Waals surface area contributed by atoms with Crippen molar-refractivity contribution in [2.75, 3.05) is 17.2 Å². The van der Waals surface area contributed by atoms with Crippen molar-refractivity contribution in [3.05, 3.63) is 94.0 Å². The van der Waals surface area contributed by atoms with Gasteiger partial charge in [-0.2, -0.15) is 18.4 Å². The fourth-order valence-corrected chi connectivity index (χ4v) is 3.30. The Labute approximate surface area is 210 Å². The number of aryl methyl sites for hydroxylation is 1. The molecule has 6 nitrogen and oxygen atoms in total. The first-order valence-electron chi connectivity index (χ1n) is 10.4. The topological polar surface area (TPSA) is 91.2 Å². The van der Waals surface area contributed by atoms with Crippen molar-refractivity contribution in [2.45, 2.75) is 13.1 Å². The summed E-state index contributed by atoms with van der Waals surface area (Å²) in [7, 11) is 0. The highest BCUT2D eigenvalue weighted by molar-refractivity contribution is 6.32. The molecule has 0 fully saturated rings. The van der Waals surface area contributed by atoms with E-state index in [0.717, 1.165) is 23.8 Å². The van der Waals surface area contributed by atoms with Crippen LogP contribution in [0.25, 0.3) is 6.08 Å². The standard InChI is InChI=1S/C26H19ClF3N3O3/c1-16-5-2-3-8-22(16)33-24(34)15-36-23-10-9-17(12-21(23)27)11-18(14-31)25(35)32-20-7-4-6-19(13-20)26(28,29)30/h2-13H,15H2,1H3,(H,32,35)(H,33,34)/b18-11+. The molecule has 3 aromatic carbocycles. The Kier molecular flexibility index (Phi) is 8.35. The van der Waals surface area contributed by atoms with Crippen molar-refractivity contribution in [1.29, 1.82) is 5.26 Å². The molecule has 0 saturated heterocycles. The SMILES string of the molecule is Cc1ccccc1NC(=O)COc1ccc(/C=C(\C#N)C(=O)Nc2cccc(C(F)(F)F)c2)cc1Cl. The van der Waals surface area contributed by atoms with Crippen LogP contribution in [0.15, 0.2) is 72.3 Å². The van der Waals surface area contributed by atoms with Gasteiger partial charge in [0.25, 0.3) is 11.8 Å². The summed E-state index contributed by atoms with van der Waals surface area (Å²) in [5.74, 6) is -1.07. The summed E-state index contributed by atoms with van der Waals surface area (Å²) >= 11 is 6.22. The molecule has 0 unspecified atom stereocenters. The van der Waals surface area contributed by atoms with E-state index in [1.807, 2.05) is 19.1 Å². The van der Waals surface area contributed by atoms with Crippen LogP contribution in [0.5, 0.6) is 5.75 Å². The van der Waals surface area contributed by atoms with Crippen LogP contribution in [0.3, 0.4) is 0 Å². The highest BCUT2D eigenvalue weighted by atomic mass is 35.5. The van der Waals surface area contributed by atoms with E-state index in [4.69, 9.17) is 16.3 Å². The predicted octanol–water partition coefficient (Wildman–Crippen LogP) is 6.23. The number of carbonyl (C=O) groups is 2. The maximum absolute atomic E-state index is 12.9. The van der Waals surface area contributed by atoms with Crippen LogP contribution in [0.2, 0.25) is 5.02 Å². The Morgan fingerprint density at radius 3 is 2.47 bits per heavy atom. The van der Waals surface area contributed by atoms with E-state index in [9.17, 15) is 28.0 Å². The molecule has 10 heteroatoms. The summed E-state index contributed by atoms with van der Waals surface area (Å²) in [5, 5.41) is 14.5. The van der Waals surface area contributed by atoms with Crippen molar-refractivity contribution in [1.82, 2.24) is 0 Å². The van der Waals surface area contributed by atoms with Crippen LogP contribution in [-0.4, -0.2) is 18.4 Å². The lowest BCUT2D eigenvalue weighted by Crippen LogP contribution is -2.20. The second-order valence-corrected chi connectivity index (χ2v) is 7.95. The van der Waals surface area contributed by atoms with Gasteiger partial charge >= 0.3 is 6.18 Å². The molecular formula is C26H19ClF3N3O3. The zero-order chi connectivity index (χ0) is 26.3. The van der Waals surface area contributed by atoms with Crippen LogP contribution in [0.1, 0.15) is 16.7 Å².